The lowest BCUT2D eigenvalue weighted by atomic mass is 9.94. The van der Waals surface area contributed by atoms with Crippen molar-refractivity contribution in [3.63, 3.8) is 0 Å². The van der Waals surface area contributed by atoms with Gasteiger partial charge in [-0.15, -0.1) is 0 Å². The molecule has 0 radical (unpaired) electrons. The molecule has 5 rings (SSSR count). The van der Waals surface area contributed by atoms with Gasteiger partial charge in [-0.2, -0.15) is 0 Å². The van der Waals surface area contributed by atoms with E-state index in [2.05, 4.69) is 50.2 Å². The van der Waals surface area contributed by atoms with Crippen molar-refractivity contribution in [2.75, 3.05) is 13.1 Å². The van der Waals surface area contributed by atoms with Crippen LogP contribution in [0.2, 0.25) is 0 Å². The van der Waals surface area contributed by atoms with Crippen molar-refractivity contribution in [2.45, 2.75) is 25.8 Å². The monoisotopic (exact) mass is 357 g/mol. The van der Waals surface area contributed by atoms with Gasteiger partial charge in [0.2, 0.25) is 0 Å². The molecule has 0 bridgehead atoms. The van der Waals surface area contributed by atoms with Crippen molar-refractivity contribution >= 4 is 22.1 Å². The van der Waals surface area contributed by atoms with Crippen LogP contribution in [0.5, 0.6) is 0 Å². The zero-order valence-electron chi connectivity index (χ0n) is 15.3. The third-order valence-electron chi connectivity index (χ3n) is 5.50. The molecule has 136 valence electrons. The normalized spacial score (nSPS) is 18.3. The van der Waals surface area contributed by atoms with Crippen molar-refractivity contribution < 1.29 is 0 Å². The number of para-hydroxylation sites is 3. The van der Waals surface area contributed by atoms with E-state index in [4.69, 9.17) is 4.98 Å². The molecule has 1 N–H and O–H groups in total. The van der Waals surface area contributed by atoms with Crippen molar-refractivity contribution in [1.82, 2.24) is 24.8 Å². The largest absolute Gasteiger partial charge is 0.342 e. The zero-order chi connectivity index (χ0) is 18.1. The number of nitrogens with one attached hydrogen (secondary N) is 1. The summed E-state index contributed by atoms with van der Waals surface area (Å²) >= 11 is 0. The van der Waals surface area contributed by atoms with Crippen molar-refractivity contribution in [1.29, 1.82) is 0 Å². The number of rotatable bonds is 4. The molecule has 0 saturated carbocycles. The third-order valence-corrected chi connectivity index (χ3v) is 5.50. The minimum absolute atomic E-state index is 0.639. The number of nitrogens with zero attached hydrogens (tertiary/aromatic N) is 4. The number of benzene rings is 2. The predicted molar refractivity (Wildman–Crippen MR) is 107 cm³/mol. The Morgan fingerprint density at radius 2 is 1.89 bits per heavy atom. The summed E-state index contributed by atoms with van der Waals surface area (Å²) in [6.45, 7) is 3.19. The molecule has 1 saturated heterocycles. The minimum Gasteiger partial charge on any atom is -0.342 e. The van der Waals surface area contributed by atoms with E-state index in [0.29, 0.717) is 5.92 Å². The Morgan fingerprint density at radius 3 is 2.85 bits per heavy atom. The standard InChI is InChI=1S/C22H23N5/c1-2-8-19-18(7-1)25-21(26-19)13-16-5-4-12-27(14-16)15-17-6-3-9-20-22(17)24-11-10-23-20/h1-3,6-11,16H,4-5,12-15H2,(H,25,26)/t16-/m1/s1. The third kappa shape index (κ3) is 3.43. The maximum absolute atomic E-state index is 4.76. The van der Waals surface area contributed by atoms with Gasteiger partial charge in [-0.25, -0.2) is 4.98 Å². The molecule has 0 unspecified atom stereocenters. The number of piperidine rings is 1. The van der Waals surface area contributed by atoms with E-state index in [1.165, 1.54) is 18.4 Å². The Labute approximate surface area is 158 Å². The SMILES string of the molecule is c1ccc2[nH]c(C[C@H]3CCCN(Cc4cccc5nccnc45)C3)nc2c1. The zero-order valence-corrected chi connectivity index (χ0v) is 15.3. The van der Waals surface area contributed by atoms with E-state index in [1.807, 2.05) is 12.1 Å². The van der Waals surface area contributed by atoms with Gasteiger partial charge in [0, 0.05) is 31.9 Å². The van der Waals surface area contributed by atoms with Crippen LogP contribution < -0.4 is 0 Å². The van der Waals surface area contributed by atoms with Gasteiger partial charge >= 0.3 is 0 Å². The minimum atomic E-state index is 0.639. The molecule has 0 amide bonds. The van der Waals surface area contributed by atoms with E-state index in [-0.39, 0.29) is 0 Å². The number of hydrogen-bond donors (Lipinski definition) is 1. The molecule has 2 aromatic heterocycles. The highest BCUT2D eigenvalue weighted by Crippen LogP contribution is 2.24. The molecule has 3 heterocycles. The lowest BCUT2D eigenvalue weighted by molar-refractivity contribution is 0.166. The average molecular weight is 357 g/mol. The first-order valence-electron chi connectivity index (χ1n) is 9.70. The first-order valence-corrected chi connectivity index (χ1v) is 9.70. The van der Waals surface area contributed by atoms with E-state index < -0.39 is 0 Å². The Bertz CT molecular complexity index is 1030. The average Bonchev–Trinajstić information content (AvgIpc) is 3.11. The van der Waals surface area contributed by atoms with Crippen LogP contribution in [0, 0.1) is 5.92 Å². The second-order valence-electron chi connectivity index (χ2n) is 7.49. The van der Waals surface area contributed by atoms with E-state index in [9.17, 15) is 0 Å². The molecule has 4 aromatic rings. The number of aromatic amines is 1. The highest BCUT2D eigenvalue weighted by atomic mass is 15.1. The summed E-state index contributed by atoms with van der Waals surface area (Å²) in [4.78, 5) is 19.8. The van der Waals surface area contributed by atoms with Crippen LogP contribution in [0.15, 0.2) is 54.9 Å². The molecular weight excluding hydrogens is 334 g/mol. The van der Waals surface area contributed by atoms with Crippen molar-refractivity contribution in [2.24, 2.45) is 5.92 Å². The van der Waals surface area contributed by atoms with Crippen LogP contribution >= 0.6 is 0 Å². The van der Waals surface area contributed by atoms with E-state index in [1.54, 1.807) is 12.4 Å². The maximum Gasteiger partial charge on any atom is 0.107 e. The molecule has 5 heteroatoms. The molecule has 1 aliphatic rings. The lowest BCUT2D eigenvalue weighted by Crippen LogP contribution is -2.36. The summed E-state index contributed by atoms with van der Waals surface area (Å²) in [7, 11) is 0. The topological polar surface area (TPSA) is 57.7 Å². The van der Waals surface area contributed by atoms with E-state index in [0.717, 1.165) is 53.9 Å². The Balaban J connectivity index is 1.30. The molecule has 2 aromatic carbocycles. The second kappa shape index (κ2) is 7.08. The van der Waals surface area contributed by atoms with Crippen LogP contribution in [-0.2, 0) is 13.0 Å². The van der Waals surface area contributed by atoms with Gasteiger partial charge < -0.3 is 4.98 Å². The second-order valence-corrected chi connectivity index (χ2v) is 7.49. The molecule has 5 nitrogen and oxygen atoms in total. The number of hydrogen-bond acceptors (Lipinski definition) is 4. The van der Waals surface area contributed by atoms with Crippen LogP contribution in [0.4, 0.5) is 0 Å². The first-order chi connectivity index (χ1) is 13.3. The predicted octanol–water partition coefficient (Wildman–Crippen LogP) is 3.96. The van der Waals surface area contributed by atoms with Crippen LogP contribution in [0.3, 0.4) is 0 Å². The van der Waals surface area contributed by atoms with Crippen LogP contribution in [-0.4, -0.2) is 37.9 Å². The molecular formula is C22H23N5. The van der Waals surface area contributed by atoms with Gasteiger partial charge in [-0.05, 0) is 49.1 Å². The highest BCUT2D eigenvalue weighted by Gasteiger charge is 2.22. The Kier molecular flexibility index (Phi) is 4.30. The molecule has 0 spiro atoms. The first kappa shape index (κ1) is 16.4. The van der Waals surface area contributed by atoms with Gasteiger partial charge in [0.15, 0.2) is 0 Å². The lowest BCUT2D eigenvalue weighted by Gasteiger charge is -2.32. The summed E-state index contributed by atoms with van der Waals surface area (Å²) in [5.41, 5.74) is 5.47. The van der Waals surface area contributed by atoms with E-state index >= 15 is 0 Å². The Hall–Kier alpha value is -2.79. The smallest absolute Gasteiger partial charge is 0.107 e. The summed E-state index contributed by atoms with van der Waals surface area (Å²) in [5, 5.41) is 0. The summed E-state index contributed by atoms with van der Waals surface area (Å²) in [5.74, 6) is 1.75. The quantitative estimate of drug-likeness (QED) is 0.601. The molecule has 0 aliphatic carbocycles. The summed E-state index contributed by atoms with van der Waals surface area (Å²) < 4.78 is 0. The molecule has 1 atom stereocenters. The molecule has 1 fully saturated rings. The number of imidazole rings is 1. The Morgan fingerprint density at radius 1 is 1.00 bits per heavy atom. The van der Waals surface area contributed by atoms with Gasteiger partial charge in [0.25, 0.3) is 0 Å². The number of likely N-dealkylation sites (tertiary alicyclic amines) is 1. The van der Waals surface area contributed by atoms with Crippen LogP contribution in [0.25, 0.3) is 22.1 Å². The number of aromatic nitrogens is 4. The van der Waals surface area contributed by atoms with Gasteiger partial charge in [0.1, 0.15) is 5.82 Å². The number of H-pyrrole nitrogens is 1. The fraction of sp³-hybridized carbons (Fsp3) is 0.318. The maximum atomic E-state index is 4.76. The fourth-order valence-electron chi connectivity index (χ4n) is 4.26. The van der Waals surface area contributed by atoms with Gasteiger partial charge in [-0.3, -0.25) is 14.9 Å². The van der Waals surface area contributed by atoms with Crippen molar-refractivity contribution in [3.8, 4) is 0 Å². The van der Waals surface area contributed by atoms with Crippen LogP contribution in [0.1, 0.15) is 24.2 Å². The number of fused-ring (bicyclic) bond motifs is 2. The summed E-state index contributed by atoms with van der Waals surface area (Å²) in [6, 6.07) is 14.6. The van der Waals surface area contributed by atoms with Gasteiger partial charge in [0.05, 0.1) is 22.1 Å². The summed E-state index contributed by atoms with van der Waals surface area (Å²) in [6.07, 6.45) is 7.06. The fourth-order valence-corrected chi connectivity index (χ4v) is 4.26. The van der Waals surface area contributed by atoms with Gasteiger partial charge in [-0.1, -0.05) is 24.3 Å². The highest BCUT2D eigenvalue weighted by molar-refractivity contribution is 5.77. The molecule has 27 heavy (non-hydrogen) atoms. The van der Waals surface area contributed by atoms with Crippen molar-refractivity contribution in [3.05, 3.63) is 66.2 Å². The molecule has 1 aliphatic heterocycles.